The van der Waals surface area contributed by atoms with E-state index < -0.39 is 5.54 Å². The topological polar surface area (TPSA) is 79.8 Å². The van der Waals surface area contributed by atoms with Gasteiger partial charge in [-0.15, -0.1) is 0 Å². The predicted octanol–water partition coefficient (Wildman–Crippen LogP) is 1.15. The van der Waals surface area contributed by atoms with Crippen molar-refractivity contribution in [3.05, 3.63) is 34.6 Å². The minimum absolute atomic E-state index is 0.0171. The molecule has 2 aromatic rings. The zero-order valence-electron chi connectivity index (χ0n) is 12.7. The Morgan fingerprint density at radius 2 is 2.14 bits per heavy atom. The molecule has 6 nitrogen and oxygen atoms in total. The summed E-state index contributed by atoms with van der Waals surface area (Å²) in [5.74, 6) is -0.0287. The van der Waals surface area contributed by atoms with Crippen molar-refractivity contribution in [3.8, 4) is 6.07 Å². The van der Waals surface area contributed by atoms with Crippen molar-refractivity contribution >= 4 is 16.8 Å². The van der Waals surface area contributed by atoms with E-state index >= 15 is 0 Å². The highest BCUT2D eigenvalue weighted by molar-refractivity contribution is 5.82. The molecule has 1 aliphatic rings. The molecule has 1 heterocycles. The summed E-state index contributed by atoms with van der Waals surface area (Å²) in [4.78, 5) is 24.5. The number of nitriles is 1. The number of carbonyl (C=O) groups is 1. The summed E-state index contributed by atoms with van der Waals surface area (Å²) < 4.78 is 3.07. The number of hydrogen-bond acceptors (Lipinski definition) is 3. The Hall–Kier alpha value is -2.55. The maximum absolute atomic E-state index is 12.3. The lowest BCUT2D eigenvalue weighted by Crippen LogP contribution is -2.48. The molecule has 1 unspecified atom stereocenters. The predicted molar refractivity (Wildman–Crippen MR) is 82.1 cm³/mol. The minimum Gasteiger partial charge on any atom is -0.336 e. The van der Waals surface area contributed by atoms with Gasteiger partial charge in [-0.05, 0) is 37.8 Å². The van der Waals surface area contributed by atoms with Crippen LogP contribution in [-0.4, -0.2) is 20.8 Å². The molecule has 0 saturated heterocycles. The Balaban J connectivity index is 1.88. The van der Waals surface area contributed by atoms with Crippen LogP contribution in [0.2, 0.25) is 0 Å². The van der Waals surface area contributed by atoms with E-state index in [4.69, 9.17) is 0 Å². The van der Waals surface area contributed by atoms with E-state index in [0.29, 0.717) is 5.39 Å². The van der Waals surface area contributed by atoms with Crippen molar-refractivity contribution in [3.63, 3.8) is 0 Å². The molecule has 1 aromatic carbocycles. The molecular formula is C16H18N4O2. The average Bonchev–Trinajstić information content (AvgIpc) is 3.33. The van der Waals surface area contributed by atoms with E-state index in [1.165, 1.54) is 4.68 Å². The van der Waals surface area contributed by atoms with Crippen LogP contribution in [0.25, 0.3) is 10.9 Å². The second-order valence-electron chi connectivity index (χ2n) is 6.04. The Kier molecular flexibility index (Phi) is 3.28. The highest BCUT2D eigenvalue weighted by Gasteiger charge is 2.43. The summed E-state index contributed by atoms with van der Waals surface area (Å²) in [5.41, 5.74) is -0.234. The molecule has 0 bridgehead atoms. The van der Waals surface area contributed by atoms with Gasteiger partial charge in [0, 0.05) is 7.05 Å². The highest BCUT2D eigenvalue weighted by Crippen LogP contribution is 2.39. The third kappa shape index (κ3) is 2.29. The van der Waals surface area contributed by atoms with Gasteiger partial charge in [0.05, 0.1) is 17.0 Å². The lowest BCUT2D eigenvalue weighted by Gasteiger charge is -2.23. The molecule has 0 aliphatic heterocycles. The average molecular weight is 298 g/mol. The van der Waals surface area contributed by atoms with Gasteiger partial charge in [-0.1, -0.05) is 12.1 Å². The van der Waals surface area contributed by atoms with Crippen molar-refractivity contribution in [2.75, 3.05) is 0 Å². The van der Waals surface area contributed by atoms with Gasteiger partial charge in [0.25, 0.3) is 5.56 Å². The monoisotopic (exact) mass is 298 g/mol. The van der Waals surface area contributed by atoms with Crippen LogP contribution in [0.15, 0.2) is 29.1 Å². The normalized spacial score (nSPS) is 17.0. The summed E-state index contributed by atoms with van der Waals surface area (Å²) in [6, 6.07) is 9.40. The van der Waals surface area contributed by atoms with Crippen molar-refractivity contribution in [1.82, 2.24) is 14.7 Å². The molecule has 1 aromatic heterocycles. The van der Waals surface area contributed by atoms with Crippen LogP contribution in [0.3, 0.4) is 0 Å². The van der Waals surface area contributed by atoms with Gasteiger partial charge >= 0.3 is 0 Å². The first kappa shape index (κ1) is 14.4. The molecule has 1 amide bonds. The van der Waals surface area contributed by atoms with Crippen LogP contribution in [-0.2, 0) is 18.4 Å². The molecule has 1 fully saturated rings. The van der Waals surface area contributed by atoms with E-state index in [1.54, 1.807) is 30.8 Å². The SMILES string of the molecule is Cn1c(=O)c2ccccc2n1CC(=O)NC(C)(C#N)C1CC1. The molecule has 3 rings (SSSR count). The standard InChI is InChI=1S/C16H18N4O2/c1-16(10-17,11-7-8-11)18-14(21)9-20-13-6-4-3-5-12(13)15(22)19(20)2/h3-6,11H,7-9H2,1-2H3,(H,18,21). The van der Waals surface area contributed by atoms with Gasteiger partial charge in [-0.2, -0.15) is 5.26 Å². The molecule has 6 heteroatoms. The van der Waals surface area contributed by atoms with Gasteiger partial charge in [-0.3, -0.25) is 19.0 Å². The summed E-state index contributed by atoms with van der Waals surface area (Å²) in [7, 11) is 1.64. The number of fused-ring (bicyclic) bond motifs is 1. The Morgan fingerprint density at radius 3 is 2.77 bits per heavy atom. The van der Waals surface area contributed by atoms with Gasteiger partial charge in [0.15, 0.2) is 0 Å². The van der Waals surface area contributed by atoms with Crippen molar-refractivity contribution in [2.24, 2.45) is 13.0 Å². The van der Waals surface area contributed by atoms with Crippen molar-refractivity contribution in [1.29, 1.82) is 5.26 Å². The zero-order chi connectivity index (χ0) is 15.9. The molecule has 1 N–H and O–H groups in total. The molecular weight excluding hydrogens is 280 g/mol. The fourth-order valence-corrected chi connectivity index (χ4v) is 2.86. The summed E-state index contributed by atoms with van der Waals surface area (Å²) in [5, 5.41) is 12.7. The third-order valence-electron chi connectivity index (χ3n) is 4.39. The quantitative estimate of drug-likeness (QED) is 0.919. The number of para-hydroxylation sites is 1. The van der Waals surface area contributed by atoms with Gasteiger partial charge in [0.2, 0.25) is 5.91 Å². The van der Waals surface area contributed by atoms with Gasteiger partial charge < -0.3 is 5.32 Å². The zero-order valence-corrected chi connectivity index (χ0v) is 12.7. The molecule has 1 saturated carbocycles. The van der Waals surface area contributed by atoms with Crippen LogP contribution < -0.4 is 10.9 Å². The smallest absolute Gasteiger partial charge is 0.274 e. The number of rotatable bonds is 4. The molecule has 114 valence electrons. The first-order chi connectivity index (χ1) is 10.5. The molecule has 0 spiro atoms. The van der Waals surface area contributed by atoms with Crippen molar-refractivity contribution in [2.45, 2.75) is 31.8 Å². The third-order valence-corrected chi connectivity index (χ3v) is 4.39. The highest BCUT2D eigenvalue weighted by atomic mass is 16.2. The van der Waals surface area contributed by atoms with E-state index in [2.05, 4.69) is 11.4 Å². The second kappa shape index (κ2) is 5.02. The molecule has 1 atom stereocenters. The maximum Gasteiger partial charge on any atom is 0.274 e. The van der Waals surface area contributed by atoms with Crippen LogP contribution in [0.4, 0.5) is 0 Å². The van der Waals surface area contributed by atoms with Gasteiger partial charge in [0.1, 0.15) is 12.1 Å². The van der Waals surface area contributed by atoms with Crippen LogP contribution >= 0.6 is 0 Å². The summed E-state index contributed by atoms with van der Waals surface area (Å²) in [6.07, 6.45) is 1.94. The Bertz CT molecular complexity index is 838. The number of hydrogen-bond donors (Lipinski definition) is 1. The lowest BCUT2D eigenvalue weighted by atomic mass is 9.98. The van der Waals surface area contributed by atoms with Crippen LogP contribution in [0.5, 0.6) is 0 Å². The number of aromatic nitrogens is 2. The number of benzene rings is 1. The van der Waals surface area contributed by atoms with Crippen LogP contribution in [0, 0.1) is 17.2 Å². The van der Waals surface area contributed by atoms with E-state index in [9.17, 15) is 14.9 Å². The minimum atomic E-state index is -0.821. The lowest BCUT2D eigenvalue weighted by molar-refractivity contribution is -0.123. The second-order valence-corrected chi connectivity index (χ2v) is 6.04. The molecule has 1 aliphatic carbocycles. The molecule has 0 radical (unpaired) electrons. The number of amides is 1. The number of carbonyl (C=O) groups excluding carboxylic acids is 1. The van der Waals surface area contributed by atoms with Crippen molar-refractivity contribution < 1.29 is 4.79 Å². The Morgan fingerprint density at radius 1 is 1.45 bits per heavy atom. The molecule has 22 heavy (non-hydrogen) atoms. The fraction of sp³-hybridized carbons (Fsp3) is 0.438. The largest absolute Gasteiger partial charge is 0.336 e. The summed E-state index contributed by atoms with van der Waals surface area (Å²) >= 11 is 0. The van der Waals surface area contributed by atoms with E-state index in [1.807, 2.05) is 12.1 Å². The fourth-order valence-electron chi connectivity index (χ4n) is 2.86. The summed E-state index contributed by atoms with van der Waals surface area (Å²) in [6.45, 7) is 1.78. The van der Waals surface area contributed by atoms with Gasteiger partial charge in [-0.25, -0.2) is 0 Å². The van der Waals surface area contributed by atoms with Crippen LogP contribution in [0.1, 0.15) is 19.8 Å². The van der Waals surface area contributed by atoms with E-state index in [-0.39, 0.29) is 23.9 Å². The maximum atomic E-state index is 12.3. The van der Waals surface area contributed by atoms with E-state index in [0.717, 1.165) is 18.4 Å². The first-order valence-electron chi connectivity index (χ1n) is 7.33. The first-order valence-corrected chi connectivity index (χ1v) is 7.33. The Labute approximate surface area is 127 Å². The number of nitrogens with one attached hydrogen (secondary N) is 1. The number of nitrogens with zero attached hydrogens (tertiary/aromatic N) is 3.